The van der Waals surface area contributed by atoms with Crippen LogP contribution in [0.2, 0.25) is 5.02 Å². The third-order valence-electron chi connectivity index (χ3n) is 8.65. The number of likely N-dealkylation sites (tertiary alicyclic amines) is 1. The first-order valence-corrected chi connectivity index (χ1v) is 18.3. The van der Waals surface area contributed by atoms with E-state index < -0.39 is 24.9 Å². The van der Waals surface area contributed by atoms with Crippen molar-refractivity contribution >= 4 is 52.3 Å². The fraction of sp³-hybridized carbons (Fsp3) is 0.394. The zero-order valence-electron chi connectivity index (χ0n) is 25.7. The van der Waals surface area contributed by atoms with Crippen molar-refractivity contribution in [3.8, 4) is 17.3 Å². The summed E-state index contributed by atoms with van der Waals surface area (Å²) in [4.78, 5) is 33.1. The average molecular weight is 651 g/mol. The molecule has 2 aromatic carbocycles. The molecule has 1 amide bonds. The van der Waals surface area contributed by atoms with E-state index in [-0.39, 0.29) is 24.8 Å². The van der Waals surface area contributed by atoms with Gasteiger partial charge in [-0.05, 0) is 63.3 Å². The summed E-state index contributed by atoms with van der Waals surface area (Å²) in [6, 6.07) is 15.6. The molecule has 0 bridgehead atoms. The fourth-order valence-corrected chi connectivity index (χ4v) is 8.05. The van der Waals surface area contributed by atoms with E-state index in [9.17, 15) is 13.8 Å². The van der Waals surface area contributed by atoms with Crippen LogP contribution < -0.4 is 9.64 Å². The monoisotopic (exact) mass is 650 g/mol. The molecule has 2 atom stereocenters. The molecule has 236 valence electrons. The first-order chi connectivity index (χ1) is 21.5. The van der Waals surface area contributed by atoms with Gasteiger partial charge in [0, 0.05) is 47.8 Å². The lowest BCUT2D eigenvalue weighted by Gasteiger charge is -2.42. The summed E-state index contributed by atoms with van der Waals surface area (Å²) in [6.07, 6.45) is 2.39. The number of hydrogen-bond acceptors (Lipinski definition) is 8. The molecule has 0 saturated carbocycles. The van der Waals surface area contributed by atoms with E-state index in [1.807, 2.05) is 53.4 Å². The Kier molecular flexibility index (Phi) is 8.83. The van der Waals surface area contributed by atoms with Crippen molar-refractivity contribution in [2.24, 2.45) is 0 Å². The Morgan fingerprint density at radius 1 is 1.07 bits per heavy atom. The molecule has 0 aliphatic carbocycles. The molecule has 2 aliphatic heterocycles. The predicted molar refractivity (Wildman–Crippen MR) is 179 cm³/mol. The SMILES string of the molecule is C=C(F)C(=O)N1CCN(c2nc(OCC3CCCN3C)nc3nc(-c4cccc5cccc(Cl)c45)ccc23)CC1CP(C)(C)=O. The normalized spacial score (nSPS) is 19.4. The Balaban J connectivity index is 1.42. The highest BCUT2D eigenvalue weighted by Crippen LogP contribution is 2.40. The van der Waals surface area contributed by atoms with Crippen molar-refractivity contribution < 1.29 is 18.5 Å². The topological polar surface area (TPSA) is 91.8 Å². The molecule has 4 heterocycles. The molecule has 2 saturated heterocycles. The van der Waals surface area contributed by atoms with Crippen LogP contribution in [-0.2, 0) is 9.36 Å². The van der Waals surface area contributed by atoms with Gasteiger partial charge < -0.3 is 24.0 Å². The molecule has 6 rings (SSSR count). The average Bonchev–Trinajstić information content (AvgIpc) is 3.42. The number of ether oxygens (including phenoxy) is 1. The van der Waals surface area contributed by atoms with Crippen LogP contribution in [0.3, 0.4) is 0 Å². The molecule has 12 heteroatoms. The molecule has 0 spiro atoms. The van der Waals surface area contributed by atoms with Gasteiger partial charge in [-0.25, -0.2) is 9.37 Å². The third-order valence-corrected chi connectivity index (χ3v) is 10.3. The molecule has 2 fully saturated rings. The number of carbonyl (C=O) groups is 1. The molecule has 4 aromatic rings. The van der Waals surface area contributed by atoms with Gasteiger partial charge in [0.2, 0.25) is 0 Å². The van der Waals surface area contributed by atoms with Crippen molar-refractivity contribution in [2.45, 2.75) is 24.9 Å². The number of aromatic nitrogens is 3. The number of pyridine rings is 1. The standard InChI is InChI=1S/C33H37ClFN6O3P/c1-21(35)32(42)41-17-16-40(18-24(41)20-45(3,4)43)31-26-13-14-28(25-11-5-8-22-9-6-12-27(34)29(22)25)36-30(26)37-33(38-31)44-19-23-10-7-15-39(23)2/h5-6,8-9,11-14,23-24H,1,7,10,15-20H2,2-4H3. The first-order valence-electron chi connectivity index (χ1n) is 15.1. The molecular weight excluding hydrogens is 614 g/mol. The molecule has 2 aromatic heterocycles. The lowest BCUT2D eigenvalue weighted by atomic mass is 10.0. The van der Waals surface area contributed by atoms with Crippen molar-refractivity contribution in [3.05, 3.63) is 66.0 Å². The Hall–Kier alpha value is -3.59. The Labute approximate surface area is 267 Å². The van der Waals surface area contributed by atoms with Gasteiger partial charge in [0.05, 0.1) is 24.3 Å². The lowest BCUT2D eigenvalue weighted by molar-refractivity contribution is -0.130. The van der Waals surface area contributed by atoms with Gasteiger partial charge in [0.25, 0.3) is 5.91 Å². The van der Waals surface area contributed by atoms with E-state index in [2.05, 4.69) is 18.5 Å². The summed E-state index contributed by atoms with van der Waals surface area (Å²) in [6.45, 7) is 8.93. The largest absolute Gasteiger partial charge is 0.462 e. The Morgan fingerprint density at radius 2 is 1.84 bits per heavy atom. The smallest absolute Gasteiger partial charge is 0.320 e. The van der Waals surface area contributed by atoms with Crippen LogP contribution in [-0.4, -0.2) is 102 Å². The van der Waals surface area contributed by atoms with Crippen LogP contribution in [0.15, 0.2) is 60.9 Å². The summed E-state index contributed by atoms with van der Waals surface area (Å²) in [5.74, 6) is -1.20. The quantitative estimate of drug-likeness (QED) is 0.167. The number of nitrogens with zero attached hydrogens (tertiary/aromatic N) is 6. The van der Waals surface area contributed by atoms with Crippen LogP contribution >= 0.6 is 18.7 Å². The predicted octanol–water partition coefficient (Wildman–Crippen LogP) is 6.09. The summed E-state index contributed by atoms with van der Waals surface area (Å²) in [5, 5.41) is 3.26. The fourth-order valence-electron chi connectivity index (χ4n) is 6.43. The van der Waals surface area contributed by atoms with Gasteiger partial charge in [-0.3, -0.25) is 4.79 Å². The second-order valence-electron chi connectivity index (χ2n) is 12.4. The van der Waals surface area contributed by atoms with Gasteiger partial charge in [-0.15, -0.1) is 0 Å². The molecule has 2 unspecified atom stereocenters. The minimum atomic E-state index is -2.57. The second kappa shape index (κ2) is 12.7. The molecule has 45 heavy (non-hydrogen) atoms. The zero-order valence-corrected chi connectivity index (χ0v) is 27.4. The second-order valence-corrected chi connectivity index (χ2v) is 16.3. The number of hydrogen-bond donors (Lipinski definition) is 0. The number of likely N-dealkylation sites (N-methyl/N-ethyl adjacent to an activating group) is 1. The maximum atomic E-state index is 14.0. The van der Waals surface area contributed by atoms with E-state index >= 15 is 0 Å². The van der Waals surface area contributed by atoms with Gasteiger partial charge >= 0.3 is 6.01 Å². The molecule has 0 N–H and O–H groups in total. The van der Waals surface area contributed by atoms with E-state index in [1.54, 1.807) is 13.3 Å². The number of amides is 1. The van der Waals surface area contributed by atoms with Gasteiger partial charge in [0.15, 0.2) is 11.5 Å². The number of fused-ring (bicyclic) bond motifs is 2. The van der Waals surface area contributed by atoms with Crippen LogP contribution in [0.1, 0.15) is 12.8 Å². The number of halogens is 2. The number of rotatable bonds is 8. The summed E-state index contributed by atoms with van der Waals surface area (Å²) >= 11 is 6.65. The van der Waals surface area contributed by atoms with Crippen LogP contribution in [0.4, 0.5) is 10.2 Å². The van der Waals surface area contributed by atoms with E-state index in [0.29, 0.717) is 47.3 Å². The highest BCUT2D eigenvalue weighted by atomic mass is 35.5. The molecule has 9 nitrogen and oxygen atoms in total. The minimum Gasteiger partial charge on any atom is -0.462 e. The van der Waals surface area contributed by atoms with E-state index in [1.165, 1.54) is 4.90 Å². The van der Waals surface area contributed by atoms with Crippen molar-refractivity contribution in [1.82, 2.24) is 24.8 Å². The lowest BCUT2D eigenvalue weighted by Crippen LogP contribution is -2.57. The molecule has 2 aliphatic rings. The number of benzene rings is 2. The van der Waals surface area contributed by atoms with Crippen molar-refractivity contribution in [1.29, 1.82) is 0 Å². The maximum absolute atomic E-state index is 14.0. The van der Waals surface area contributed by atoms with Crippen LogP contribution in [0.5, 0.6) is 6.01 Å². The van der Waals surface area contributed by atoms with Crippen molar-refractivity contribution in [3.63, 3.8) is 0 Å². The first kappa shape index (κ1) is 31.4. The zero-order chi connectivity index (χ0) is 31.9. The van der Waals surface area contributed by atoms with Gasteiger partial charge in [-0.1, -0.05) is 48.5 Å². The van der Waals surface area contributed by atoms with E-state index in [0.717, 1.165) is 35.7 Å². The van der Waals surface area contributed by atoms with Gasteiger partial charge in [0.1, 0.15) is 12.4 Å². The summed E-state index contributed by atoms with van der Waals surface area (Å²) in [5.41, 5.74) is 2.05. The number of anilines is 1. The van der Waals surface area contributed by atoms with Crippen LogP contribution in [0.25, 0.3) is 33.1 Å². The molecule has 0 radical (unpaired) electrons. The minimum absolute atomic E-state index is 0.210. The summed E-state index contributed by atoms with van der Waals surface area (Å²) in [7, 11) is -0.482. The van der Waals surface area contributed by atoms with Crippen molar-refractivity contribution in [2.75, 3.05) is 64.2 Å². The van der Waals surface area contributed by atoms with Gasteiger partial charge in [-0.2, -0.15) is 9.97 Å². The number of piperazine rings is 1. The van der Waals surface area contributed by atoms with E-state index in [4.69, 9.17) is 31.3 Å². The Bertz CT molecular complexity index is 1830. The number of carbonyl (C=O) groups excluding carboxylic acids is 1. The Morgan fingerprint density at radius 3 is 2.56 bits per heavy atom. The highest BCUT2D eigenvalue weighted by Gasteiger charge is 2.35. The van der Waals surface area contributed by atoms with Crippen LogP contribution in [0, 0.1) is 0 Å². The highest BCUT2D eigenvalue weighted by molar-refractivity contribution is 7.62. The molecular formula is C33H37ClFN6O3P. The summed E-state index contributed by atoms with van der Waals surface area (Å²) < 4.78 is 33.1. The maximum Gasteiger partial charge on any atom is 0.320 e. The third kappa shape index (κ3) is 6.69.